The van der Waals surface area contributed by atoms with Crippen LogP contribution in [0.1, 0.15) is 24.7 Å². The fourth-order valence-corrected chi connectivity index (χ4v) is 1.42. The molecule has 1 aromatic heterocycles. The van der Waals surface area contributed by atoms with E-state index in [0.29, 0.717) is 5.92 Å². The number of piperidine rings is 1. The van der Waals surface area contributed by atoms with Crippen LogP contribution in [-0.2, 0) is 0 Å². The maximum absolute atomic E-state index is 5.11. The summed E-state index contributed by atoms with van der Waals surface area (Å²) in [7, 11) is 0. The molecular formula is C7H11N3O. The highest BCUT2D eigenvalue weighted by molar-refractivity contribution is 4.91. The van der Waals surface area contributed by atoms with Crippen molar-refractivity contribution in [2.45, 2.75) is 18.8 Å². The Kier molecular flexibility index (Phi) is 1.85. The average molecular weight is 153 g/mol. The summed E-state index contributed by atoms with van der Waals surface area (Å²) in [6, 6.07) is 0. The lowest BCUT2D eigenvalue weighted by Gasteiger charge is -2.18. The molecule has 2 rings (SSSR count). The van der Waals surface area contributed by atoms with E-state index in [-0.39, 0.29) is 0 Å². The predicted octanol–water partition coefficient (Wildman–Crippen LogP) is 0.537. The maximum atomic E-state index is 5.11. The van der Waals surface area contributed by atoms with E-state index in [0.717, 1.165) is 25.4 Å². The molecule has 60 valence electrons. The first-order chi connectivity index (χ1) is 5.47. The van der Waals surface area contributed by atoms with Gasteiger partial charge in [0.05, 0.1) is 0 Å². The highest BCUT2D eigenvalue weighted by Crippen LogP contribution is 2.20. The highest BCUT2D eigenvalue weighted by Gasteiger charge is 2.18. The Morgan fingerprint density at radius 2 is 2.64 bits per heavy atom. The lowest BCUT2D eigenvalue weighted by molar-refractivity contribution is 0.376. The zero-order chi connectivity index (χ0) is 7.52. The third kappa shape index (κ3) is 1.40. The molecule has 0 aromatic carbocycles. The molecule has 0 radical (unpaired) electrons. The van der Waals surface area contributed by atoms with Crippen LogP contribution in [0.5, 0.6) is 0 Å². The first-order valence-corrected chi connectivity index (χ1v) is 3.93. The Hall–Kier alpha value is -0.900. The van der Waals surface area contributed by atoms with E-state index in [1.54, 1.807) is 0 Å². The standard InChI is InChI=1S/C7H11N3O/c1-2-6(4-8-3-1)7-10-9-5-11-7/h5-6,8H,1-4H2. The summed E-state index contributed by atoms with van der Waals surface area (Å²) in [5.41, 5.74) is 0. The van der Waals surface area contributed by atoms with Crippen molar-refractivity contribution in [3.05, 3.63) is 12.3 Å². The van der Waals surface area contributed by atoms with Crippen molar-refractivity contribution in [1.82, 2.24) is 15.5 Å². The second-order valence-electron chi connectivity index (χ2n) is 2.82. The van der Waals surface area contributed by atoms with Gasteiger partial charge in [-0.05, 0) is 19.4 Å². The van der Waals surface area contributed by atoms with Gasteiger partial charge in [0.2, 0.25) is 12.3 Å². The van der Waals surface area contributed by atoms with Gasteiger partial charge in [0, 0.05) is 12.5 Å². The second-order valence-corrected chi connectivity index (χ2v) is 2.82. The maximum Gasteiger partial charge on any atom is 0.220 e. The molecule has 11 heavy (non-hydrogen) atoms. The van der Waals surface area contributed by atoms with Gasteiger partial charge >= 0.3 is 0 Å². The molecule has 1 unspecified atom stereocenters. The number of nitrogens with zero attached hydrogens (tertiary/aromatic N) is 2. The lowest BCUT2D eigenvalue weighted by Crippen LogP contribution is -2.28. The van der Waals surface area contributed by atoms with Crippen LogP contribution in [-0.4, -0.2) is 23.3 Å². The van der Waals surface area contributed by atoms with E-state index in [1.165, 1.54) is 12.8 Å². The van der Waals surface area contributed by atoms with Crippen molar-refractivity contribution in [2.75, 3.05) is 13.1 Å². The molecule has 0 bridgehead atoms. The van der Waals surface area contributed by atoms with Gasteiger partial charge in [-0.2, -0.15) is 0 Å². The van der Waals surface area contributed by atoms with Crippen molar-refractivity contribution in [1.29, 1.82) is 0 Å². The molecule has 1 fully saturated rings. The van der Waals surface area contributed by atoms with Gasteiger partial charge in [0.1, 0.15) is 0 Å². The normalized spacial score (nSPS) is 25.3. The smallest absolute Gasteiger partial charge is 0.220 e. The van der Waals surface area contributed by atoms with Gasteiger partial charge in [-0.3, -0.25) is 0 Å². The first-order valence-electron chi connectivity index (χ1n) is 3.93. The molecule has 4 heteroatoms. The van der Waals surface area contributed by atoms with Crippen LogP contribution in [0, 0.1) is 0 Å². The monoisotopic (exact) mass is 153 g/mol. The number of aromatic nitrogens is 2. The summed E-state index contributed by atoms with van der Waals surface area (Å²) in [5.74, 6) is 1.21. The number of nitrogens with one attached hydrogen (secondary N) is 1. The minimum absolute atomic E-state index is 0.436. The zero-order valence-corrected chi connectivity index (χ0v) is 6.29. The lowest BCUT2D eigenvalue weighted by atomic mass is 10.00. The second kappa shape index (κ2) is 3.00. The van der Waals surface area contributed by atoms with E-state index in [2.05, 4.69) is 15.5 Å². The summed E-state index contributed by atoms with van der Waals surface area (Å²) in [5, 5.41) is 10.8. The van der Waals surface area contributed by atoms with Crippen LogP contribution in [0.2, 0.25) is 0 Å². The molecule has 2 heterocycles. The van der Waals surface area contributed by atoms with Crippen molar-refractivity contribution in [3.63, 3.8) is 0 Å². The van der Waals surface area contributed by atoms with Crippen molar-refractivity contribution < 1.29 is 4.42 Å². The summed E-state index contributed by atoms with van der Waals surface area (Å²) < 4.78 is 5.11. The van der Waals surface area contributed by atoms with Crippen LogP contribution < -0.4 is 5.32 Å². The Bertz CT molecular complexity index is 203. The third-order valence-electron chi connectivity index (χ3n) is 2.02. The summed E-state index contributed by atoms with van der Waals surface area (Å²) in [6.07, 6.45) is 3.76. The molecule has 0 spiro atoms. The van der Waals surface area contributed by atoms with Crippen LogP contribution in [0.15, 0.2) is 10.8 Å². The van der Waals surface area contributed by atoms with Gasteiger partial charge in [0.15, 0.2) is 0 Å². The van der Waals surface area contributed by atoms with Crippen LogP contribution >= 0.6 is 0 Å². The Morgan fingerprint density at radius 3 is 3.27 bits per heavy atom. The van der Waals surface area contributed by atoms with E-state index < -0.39 is 0 Å². The molecule has 1 atom stereocenters. The van der Waals surface area contributed by atoms with Crippen LogP contribution in [0.4, 0.5) is 0 Å². The van der Waals surface area contributed by atoms with Gasteiger partial charge < -0.3 is 9.73 Å². The van der Waals surface area contributed by atoms with Gasteiger partial charge in [-0.15, -0.1) is 10.2 Å². The fourth-order valence-electron chi connectivity index (χ4n) is 1.42. The molecule has 1 aliphatic heterocycles. The zero-order valence-electron chi connectivity index (χ0n) is 6.29. The fraction of sp³-hybridized carbons (Fsp3) is 0.714. The summed E-state index contributed by atoms with van der Waals surface area (Å²) in [6.45, 7) is 2.09. The predicted molar refractivity (Wildman–Crippen MR) is 39.1 cm³/mol. The molecule has 1 saturated heterocycles. The minimum atomic E-state index is 0.436. The number of hydrogen-bond acceptors (Lipinski definition) is 4. The summed E-state index contributed by atoms with van der Waals surface area (Å²) in [4.78, 5) is 0. The third-order valence-corrected chi connectivity index (χ3v) is 2.02. The largest absolute Gasteiger partial charge is 0.428 e. The molecule has 1 aliphatic rings. The molecule has 0 aliphatic carbocycles. The van der Waals surface area contributed by atoms with E-state index in [4.69, 9.17) is 4.42 Å². The van der Waals surface area contributed by atoms with Crippen molar-refractivity contribution in [2.24, 2.45) is 0 Å². The average Bonchev–Trinajstić information content (AvgIpc) is 2.58. The Morgan fingerprint density at radius 1 is 1.64 bits per heavy atom. The van der Waals surface area contributed by atoms with Gasteiger partial charge in [-0.25, -0.2) is 0 Å². The molecule has 1 aromatic rings. The molecular weight excluding hydrogens is 142 g/mol. The van der Waals surface area contributed by atoms with Crippen molar-refractivity contribution in [3.8, 4) is 0 Å². The number of rotatable bonds is 1. The van der Waals surface area contributed by atoms with Crippen LogP contribution in [0.3, 0.4) is 0 Å². The molecule has 0 amide bonds. The quantitative estimate of drug-likeness (QED) is 0.639. The first kappa shape index (κ1) is 6.79. The number of hydrogen-bond donors (Lipinski definition) is 1. The Labute approximate surface area is 65.0 Å². The van der Waals surface area contributed by atoms with Gasteiger partial charge in [-0.1, -0.05) is 0 Å². The minimum Gasteiger partial charge on any atom is -0.428 e. The SMILES string of the molecule is c1nnc(C2CCCNC2)o1. The van der Waals surface area contributed by atoms with Gasteiger partial charge in [0.25, 0.3) is 0 Å². The summed E-state index contributed by atoms with van der Waals surface area (Å²) >= 11 is 0. The van der Waals surface area contributed by atoms with Crippen molar-refractivity contribution >= 4 is 0 Å². The van der Waals surface area contributed by atoms with Crippen LogP contribution in [0.25, 0.3) is 0 Å². The topological polar surface area (TPSA) is 51.0 Å². The molecule has 0 saturated carbocycles. The van der Waals surface area contributed by atoms with E-state index in [1.807, 2.05) is 0 Å². The Balaban J connectivity index is 2.04. The van der Waals surface area contributed by atoms with E-state index >= 15 is 0 Å². The highest BCUT2D eigenvalue weighted by atomic mass is 16.4. The van der Waals surface area contributed by atoms with E-state index in [9.17, 15) is 0 Å². The molecule has 1 N–H and O–H groups in total. The molecule has 4 nitrogen and oxygen atoms in total.